The first kappa shape index (κ1) is 22.6. The van der Waals surface area contributed by atoms with Crippen molar-refractivity contribution < 1.29 is 32.2 Å². The van der Waals surface area contributed by atoms with Gasteiger partial charge < -0.3 is 9.47 Å². The molecule has 27 heavy (non-hydrogen) atoms. The molecule has 0 fully saturated rings. The summed E-state index contributed by atoms with van der Waals surface area (Å²) in [6.45, 7) is 5.93. The van der Waals surface area contributed by atoms with Crippen LogP contribution in [0.2, 0.25) is 19.6 Å². The minimum absolute atomic E-state index is 0.259. The van der Waals surface area contributed by atoms with Gasteiger partial charge in [-0.1, -0.05) is 55.9 Å². The molecule has 0 aromatic heterocycles. The number of alkyl halides is 3. The van der Waals surface area contributed by atoms with Crippen LogP contribution in [0.15, 0.2) is 30.3 Å². The minimum Gasteiger partial charge on any atom is -0.463 e. The normalized spacial score (nSPS) is 13.6. The van der Waals surface area contributed by atoms with E-state index in [-0.39, 0.29) is 13.2 Å². The molecule has 0 heterocycles. The first-order chi connectivity index (χ1) is 12.4. The molecule has 1 amide bonds. The van der Waals surface area contributed by atoms with Crippen molar-refractivity contribution in [3.05, 3.63) is 35.9 Å². The lowest BCUT2D eigenvalue weighted by molar-refractivity contribution is -0.198. The molecule has 1 aromatic carbocycles. The van der Waals surface area contributed by atoms with Crippen molar-refractivity contribution in [3.63, 3.8) is 0 Å². The number of alkyl carbamates (subject to hydrolysis) is 1. The van der Waals surface area contributed by atoms with Gasteiger partial charge in [0.05, 0.1) is 6.61 Å². The number of rotatable bonds is 5. The number of halogens is 3. The average Bonchev–Trinajstić information content (AvgIpc) is 2.56. The fourth-order valence-electron chi connectivity index (χ4n) is 1.82. The van der Waals surface area contributed by atoms with Crippen LogP contribution in [0.3, 0.4) is 0 Å². The predicted octanol–water partition coefficient (Wildman–Crippen LogP) is 3.66. The first-order valence-corrected chi connectivity index (χ1v) is 11.7. The zero-order valence-electron chi connectivity index (χ0n) is 15.6. The SMILES string of the molecule is CCOC(=O)[C@](C#C[Si](C)(C)C)(NC(=O)OCc1ccccc1)C(F)(F)F. The van der Waals surface area contributed by atoms with Crippen molar-refractivity contribution in [2.24, 2.45) is 0 Å². The lowest BCUT2D eigenvalue weighted by Crippen LogP contribution is -2.64. The number of nitrogens with one attached hydrogen (secondary N) is 1. The van der Waals surface area contributed by atoms with Crippen molar-refractivity contribution in [1.29, 1.82) is 0 Å². The zero-order chi connectivity index (χ0) is 20.7. The molecule has 0 spiro atoms. The molecule has 0 aliphatic rings. The van der Waals surface area contributed by atoms with Crippen LogP contribution < -0.4 is 5.32 Å². The summed E-state index contributed by atoms with van der Waals surface area (Å²) < 4.78 is 50.7. The number of carbonyl (C=O) groups excluding carboxylic acids is 2. The third kappa shape index (κ3) is 6.64. The van der Waals surface area contributed by atoms with E-state index in [4.69, 9.17) is 4.74 Å². The molecule has 5 nitrogen and oxygen atoms in total. The number of carbonyl (C=O) groups is 2. The fraction of sp³-hybridized carbons (Fsp3) is 0.444. The van der Waals surface area contributed by atoms with Crippen molar-refractivity contribution in [2.75, 3.05) is 6.61 Å². The van der Waals surface area contributed by atoms with E-state index < -0.39 is 31.9 Å². The van der Waals surface area contributed by atoms with Gasteiger partial charge in [0.2, 0.25) is 0 Å². The molecule has 0 saturated carbocycles. The van der Waals surface area contributed by atoms with Crippen molar-refractivity contribution in [1.82, 2.24) is 5.32 Å². The van der Waals surface area contributed by atoms with Gasteiger partial charge in [0.15, 0.2) is 0 Å². The van der Waals surface area contributed by atoms with Crippen molar-refractivity contribution >= 4 is 20.1 Å². The summed E-state index contributed by atoms with van der Waals surface area (Å²) in [5.41, 5.74) is -0.425. The molecule has 1 N–H and O–H groups in total. The lowest BCUT2D eigenvalue weighted by Gasteiger charge is -2.29. The fourth-order valence-corrected chi connectivity index (χ4v) is 2.39. The number of ether oxygens (including phenoxy) is 2. The molecule has 0 unspecified atom stereocenters. The highest BCUT2D eigenvalue weighted by Gasteiger charge is 2.63. The summed E-state index contributed by atoms with van der Waals surface area (Å²) in [7, 11) is -2.30. The van der Waals surface area contributed by atoms with Crippen LogP contribution in [0.5, 0.6) is 0 Å². The van der Waals surface area contributed by atoms with Crippen LogP contribution in [-0.2, 0) is 20.9 Å². The van der Waals surface area contributed by atoms with Gasteiger partial charge in [-0.2, -0.15) is 13.2 Å². The Balaban J connectivity index is 3.16. The standard InChI is InChI=1S/C18H22F3NO4Si/c1-5-25-15(23)17(18(19,20)21,11-12-27(2,3)4)22-16(24)26-13-14-9-7-6-8-10-14/h6-10H,5,13H2,1-4H3,(H,22,24)/t17-/m0/s1. The second kappa shape index (κ2) is 8.95. The van der Waals surface area contributed by atoms with E-state index in [1.165, 1.54) is 6.92 Å². The van der Waals surface area contributed by atoms with E-state index in [1.54, 1.807) is 55.3 Å². The third-order valence-electron chi connectivity index (χ3n) is 3.13. The van der Waals surface area contributed by atoms with Crippen LogP contribution in [-0.4, -0.2) is 38.5 Å². The summed E-state index contributed by atoms with van der Waals surface area (Å²) in [5, 5.41) is 1.59. The Labute approximate surface area is 157 Å². The Kier molecular flexibility index (Phi) is 7.48. The van der Waals surface area contributed by atoms with Crippen molar-refractivity contribution in [2.45, 2.75) is 44.9 Å². The van der Waals surface area contributed by atoms with Crippen LogP contribution in [0, 0.1) is 11.5 Å². The molecule has 1 atom stereocenters. The summed E-state index contributed by atoms with van der Waals surface area (Å²) in [4.78, 5) is 24.2. The van der Waals surface area contributed by atoms with Gasteiger partial charge in [-0.3, -0.25) is 5.32 Å². The Morgan fingerprint density at radius 1 is 1.11 bits per heavy atom. The molecule has 0 bridgehead atoms. The minimum atomic E-state index is -5.20. The van der Waals surface area contributed by atoms with Gasteiger partial charge in [0, 0.05) is 0 Å². The van der Waals surface area contributed by atoms with Gasteiger partial charge in [0.25, 0.3) is 5.54 Å². The highest BCUT2D eigenvalue weighted by Crippen LogP contribution is 2.32. The maximum absolute atomic E-state index is 13.8. The zero-order valence-corrected chi connectivity index (χ0v) is 16.6. The predicted molar refractivity (Wildman–Crippen MR) is 96.3 cm³/mol. The van der Waals surface area contributed by atoms with Gasteiger partial charge in [0.1, 0.15) is 14.7 Å². The van der Waals surface area contributed by atoms with E-state index in [2.05, 4.69) is 10.3 Å². The number of benzene rings is 1. The molecule has 0 aliphatic carbocycles. The Bertz CT molecular complexity index is 720. The lowest BCUT2D eigenvalue weighted by atomic mass is 10.0. The topological polar surface area (TPSA) is 64.6 Å². The second-order valence-electron chi connectivity index (χ2n) is 6.65. The Morgan fingerprint density at radius 2 is 1.70 bits per heavy atom. The molecule has 148 valence electrons. The van der Waals surface area contributed by atoms with Crippen LogP contribution >= 0.6 is 0 Å². The Hall–Kier alpha value is -2.47. The number of hydrogen-bond donors (Lipinski definition) is 1. The number of amides is 1. The van der Waals surface area contributed by atoms with Crippen molar-refractivity contribution in [3.8, 4) is 11.5 Å². The quantitative estimate of drug-likeness (QED) is 0.465. The van der Waals surface area contributed by atoms with E-state index in [0.29, 0.717) is 5.56 Å². The smallest absolute Gasteiger partial charge is 0.434 e. The highest BCUT2D eigenvalue weighted by molar-refractivity contribution is 6.83. The molecule has 0 radical (unpaired) electrons. The molecule has 1 rings (SSSR count). The summed E-state index contributed by atoms with van der Waals surface area (Å²) in [5.74, 6) is 0.233. The van der Waals surface area contributed by atoms with E-state index in [0.717, 1.165) is 0 Å². The van der Waals surface area contributed by atoms with E-state index in [9.17, 15) is 22.8 Å². The monoisotopic (exact) mass is 401 g/mol. The van der Waals surface area contributed by atoms with Gasteiger partial charge in [-0.25, -0.2) is 9.59 Å². The summed E-state index contributed by atoms with van der Waals surface area (Å²) in [6, 6.07) is 8.40. The van der Waals surface area contributed by atoms with E-state index >= 15 is 0 Å². The largest absolute Gasteiger partial charge is 0.463 e. The highest BCUT2D eigenvalue weighted by atomic mass is 28.3. The number of esters is 1. The van der Waals surface area contributed by atoms with Crippen LogP contribution in [0.4, 0.5) is 18.0 Å². The third-order valence-corrected chi connectivity index (χ3v) is 4.01. The first-order valence-electron chi connectivity index (χ1n) is 8.18. The van der Waals surface area contributed by atoms with Gasteiger partial charge in [-0.15, -0.1) is 5.54 Å². The average molecular weight is 401 g/mol. The summed E-state index contributed by atoms with van der Waals surface area (Å²) in [6.07, 6.45) is -6.62. The molecule has 9 heteroatoms. The molecule has 0 saturated heterocycles. The maximum Gasteiger partial charge on any atom is 0.434 e. The number of hydrogen-bond acceptors (Lipinski definition) is 4. The molecule has 1 aromatic rings. The maximum atomic E-state index is 13.8. The summed E-state index contributed by atoms with van der Waals surface area (Å²) >= 11 is 0. The van der Waals surface area contributed by atoms with Crippen LogP contribution in [0.1, 0.15) is 12.5 Å². The Morgan fingerprint density at radius 3 is 2.19 bits per heavy atom. The van der Waals surface area contributed by atoms with Crippen LogP contribution in [0.25, 0.3) is 0 Å². The van der Waals surface area contributed by atoms with E-state index in [1.807, 2.05) is 5.92 Å². The van der Waals surface area contributed by atoms with Gasteiger partial charge >= 0.3 is 18.2 Å². The second-order valence-corrected chi connectivity index (χ2v) is 11.4. The van der Waals surface area contributed by atoms with Gasteiger partial charge in [-0.05, 0) is 12.5 Å². The molecule has 0 aliphatic heterocycles. The molecular formula is C18H22F3NO4Si. The molecular weight excluding hydrogens is 379 g/mol.